The Morgan fingerprint density at radius 1 is 1.13 bits per heavy atom. The number of hydrogen-bond donors (Lipinski definition) is 0. The minimum atomic E-state index is -0.00983. The molecule has 0 saturated heterocycles. The van der Waals surface area contributed by atoms with Crippen LogP contribution in [0.4, 0.5) is 0 Å². The predicted molar refractivity (Wildman–Crippen MR) is 101 cm³/mol. The molecule has 1 rings (SSSR count). The number of ether oxygens (including phenoxy) is 1. The van der Waals surface area contributed by atoms with Crippen molar-refractivity contribution in [2.45, 2.75) is 83.6 Å². The second kappa shape index (κ2) is 12.0. The van der Waals surface area contributed by atoms with Crippen molar-refractivity contribution in [2.75, 3.05) is 6.61 Å². The van der Waals surface area contributed by atoms with Gasteiger partial charge in [0, 0.05) is 12.8 Å². The summed E-state index contributed by atoms with van der Waals surface area (Å²) < 4.78 is 5.60. The van der Waals surface area contributed by atoms with Crippen molar-refractivity contribution in [3.05, 3.63) is 24.8 Å². The Kier molecular flexibility index (Phi) is 10.2. The van der Waals surface area contributed by atoms with Crippen LogP contribution in [-0.2, 0) is 4.74 Å². The summed E-state index contributed by atoms with van der Waals surface area (Å²) in [6.45, 7) is 8.70. The minimum Gasteiger partial charge on any atom is -0.478 e. The molecule has 0 aromatic rings. The van der Waals surface area contributed by atoms with Gasteiger partial charge < -0.3 is 4.74 Å². The summed E-state index contributed by atoms with van der Waals surface area (Å²) in [5.41, 5.74) is -0.00983. The maximum Gasteiger partial charge on any atom is 0.183 e. The molecule has 0 unspecified atom stereocenters. The molecule has 0 amide bonds. The lowest BCUT2D eigenvalue weighted by Crippen LogP contribution is -2.17. The Bertz CT molecular complexity index is 448. The van der Waals surface area contributed by atoms with Crippen LogP contribution >= 0.6 is 0 Å². The summed E-state index contributed by atoms with van der Waals surface area (Å²) in [5.74, 6) is 7.31. The molecule has 23 heavy (non-hydrogen) atoms. The number of rotatable bonds is 11. The molecule has 1 heterocycles. The number of aliphatic imine (C=N–C) groups is 1. The molecule has 2 nitrogen and oxygen atoms in total. The number of unbranched alkanes of at least 4 members (excludes halogenated alkanes) is 7. The highest BCUT2D eigenvalue weighted by molar-refractivity contribution is 5.78. The zero-order valence-electron chi connectivity index (χ0n) is 15.1. The van der Waals surface area contributed by atoms with E-state index in [1.54, 1.807) is 0 Å². The first-order valence-electron chi connectivity index (χ1n) is 9.10. The third kappa shape index (κ3) is 10.8. The van der Waals surface area contributed by atoms with E-state index in [9.17, 15) is 0 Å². The average molecular weight is 316 g/mol. The number of allylic oxidation sites excluding steroid dienone is 3. The first-order chi connectivity index (χ1) is 11.1. The lowest BCUT2D eigenvalue weighted by atomic mass is 10.1. The van der Waals surface area contributed by atoms with Gasteiger partial charge in [-0.3, -0.25) is 0 Å². The van der Waals surface area contributed by atoms with E-state index in [4.69, 9.17) is 4.74 Å². The van der Waals surface area contributed by atoms with Crippen LogP contribution in [0.5, 0.6) is 0 Å². The van der Waals surface area contributed by atoms with E-state index < -0.39 is 0 Å². The van der Waals surface area contributed by atoms with Crippen molar-refractivity contribution in [1.82, 2.24) is 0 Å². The van der Waals surface area contributed by atoms with E-state index in [-0.39, 0.29) is 5.54 Å². The highest BCUT2D eigenvalue weighted by atomic mass is 16.5. The quantitative estimate of drug-likeness (QED) is 0.266. The molecule has 0 spiro atoms. The maximum absolute atomic E-state index is 5.60. The van der Waals surface area contributed by atoms with Crippen molar-refractivity contribution in [2.24, 2.45) is 4.99 Å². The zero-order valence-corrected chi connectivity index (χ0v) is 15.1. The summed E-state index contributed by atoms with van der Waals surface area (Å²) in [6, 6.07) is 0. The van der Waals surface area contributed by atoms with E-state index in [0.717, 1.165) is 38.2 Å². The van der Waals surface area contributed by atoms with Gasteiger partial charge in [0.1, 0.15) is 6.61 Å². The van der Waals surface area contributed by atoms with Crippen LogP contribution in [-0.4, -0.2) is 18.0 Å². The number of hydrogen-bond acceptors (Lipinski definition) is 2. The fraction of sp³-hybridized carbons (Fsp3) is 0.667. The Morgan fingerprint density at radius 2 is 1.91 bits per heavy atom. The van der Waals surface area contributed by atoms with Crippen molar-refractivity contribution in [1.29, 1.82) is 0 Å². The van der Waals surface area contributed by atoms with Gasteiger partial charge in [-0.25, -0.2) is 4.99 Å². The minimum absolute atomic E-state index is 0.00983. The molecule has 1 aliphatic heterocycles. The average Bonchev–Trinajstić information content (AvgIpc) is 2.87. The Morgan fingerprint density at radius 3 is 2.65 bits per heavy atom. The largest absolute Gasteiger partial charge is 0.478 e. The first-order valence-corrected chi connectivity index (χ1v) is 9.10. The molecule has 0 N–H and O–H groups in total. The molecular formula is C21H33NO. The van der Waals surface area contributed by atoms with E-state index in [1.165, 1.54) is 38.5 Å². The summed E-state index contributed by atoms with van der Waals surface area (Å²) in [6.07, 6.45) is 17.7. The smallest absolute Gasteiger partial charge is 0.183 e. The molecule has 0 saturated carbocycles. The third-order valence-electron chi connectivity index (χ3n) is 3.79. The van der Waals surface area contributed by atoms with Gasteiger partial charge in [-0.05, 0) is 58.4 Å². The molecule has 128 valence electrons. The van der Waals surface area contributed by atoms with Crippen LogP contribution < -0.4 is 0 Å². The van der Waals surface area contributed by atoms with Crippen LogP contribution in [0.3, 0.4) is 0 Å². The van der Waals surface area contributed by atoms with Gasteiger partial charge in [0.25, 0.3) is 0 Å². The SMILES string of the molecule is C=CCCCC/C=C/C#CCCCCCCC1=NC(C)(C)CO1. The van der Waals surface area contributed by atoms with Gasteiger partial charge in [-0.1, -0.05) is 36.8 Å². The van der Waals surface area contributed by atoms with E-state index in [0.29, 0.717) is 0 Å². The zero-order chi connectivity index (χ0) is 16.8. The molecule has 0 aromatic carbocycles. The molecule has 0 aliphatic carbocycles. The van der Waals surface area contributed by atoms with E-state index >= 15 is 0 Å². The predicted octanol–water partition coefficient (Wildman–Crippen LogP) is 5.84. The van der Waals surface area contributed by atoms with Crippen molar-refractivity contribution in [3.63, 3.8) is 0 Å². The van der Waals surface area contributed by atoms with Crippen LogP contribution in [0.2, 0.25) is 0 Å². The summed E-state index contributed by atoms with van der Waals surface area (Å²) in [4.78, 5) is 4.58. The van der Waals surface area contributed by atoms with E-state index in [1.807, 2.05) is 12.2 Å². The first kappa shape index (κ1) is 19.6. The second-order valence-electron chi connectivity index (χ2n) is 6.82. The molecule has 0 aromatic heterocycles. The van der Waals surface area contributed by atoms with Crippen molar-refractivity contribution >= 4 is 5.90 Å². The van der Waals surface area contributed by atoms with Crippen LogP contribution in [0, 0.1) is 11.8 Å². The van der Waals surface area contributed by atoms with Gasteiger partial charge in [-0.15, -0.1) is 6.58 Å². The van der Waals surface area contributed by atoms with Gasteiger partial charge in [-0.2, -0.15) is 0 Å². The Hall–Kier alpha value is -1.49. The third-order valence-corrected chi connectivity index (χ3v) is 3.79. The highest BCUT2D eigenvalue weighted by Gasteiger charge is 2.25. The molecule has 0 fully saturated rings. The van der Waals surface area contributed by atoms with Crippen LogP contribution in [0.25, 0.3) is 0 Å². The second-order valence-corrected chi connectivity index (χ2v) is 6.82. The fourth-order valence-corrected chi connectivity index (χ4v) is 2.46. The monoisotopic (exact) mass is 315 g/mol. The van der Waals surface area contributed by atoms with Gasteiger partial charge >= 0.3 is 0 Å². The topological polar surface area (TPSA) is 21.6 Å². The van der Waals surface area contributed by atoms with Gasteiger partial charge in [0.15, 0.2) is 5.90 Å². The maximum atomic E-state index is 5.60. The van der Waals surface area contributed by atoms with Crippen LogP contribution in [0.1, 0.15) is 78.1 Å². The van der Waals surface area contributed by atoms with Gasteiger partial charge in [0.2, 0.25) is 0 Å². The summed E-state index contributed by atoms with van der Waals surface area (Å²) >= 11 is 0. The standard InChI is InChI=1S/C21H33NO/c1-4-5-6-7-8-9-10-11-12-13-14-15-16-17-18-20-22-21(2,3)19-23-20/h4,9-10H,1,5-8,13-19H2,2-3H3/b10-9+. The fourth-order valence-electron chi connectivity index (χ4n) is 2.46. The Balaban J connectivity index is 1.91. The molecule has 1 aliphatic rings. The van der Waals surface area contributed by atoms with Crippen molar-refractivity contribution < 1.29 is 4.74 Å². The highest BCUT2D eigenvalue weighted by Crippen LogP contribution is 2.19. The van der Waals surface area contributed by atoms with E-state index in [2.05, 4.69) is 43.3 Å². The summed E-state index contributed by atoms with van der Waals surface area (Å²) in [5, 5.41) is 0. The Labute approximate surface area is 143 Å². The molecule has 0 bridgehead atoms. The van der Waals surface area contributed by atoms with Crippen LogP contribution in [0.15, 0.2) is 29.8 Å². The number of nitrogens with zero attached hydrogens (tertiary/aromatic N) is 1. The molecule has 0 atom stereocenters. The van der Waals surface area contributed by atoms with Crippen molar-refractivity contribution in [3.8, 4) is 11.8 Å². The summed E-state index contributed by atoms with van der Waals surface area (Å²) in [7, 11) is 0. The molecular weight excluding hydrogens is 282 g/mol. The lowest BCUT2D eigenvalue weighted by molar-refractivity contribution is 0.273. The normalized spacial score (nSPS) is 15.8. The molecule has 0 radical (unpaired) electrons. The lowest BCUT2D eigenvalue weighted by Gasteiger charge is -2.07. The molecule has 2 heteroatoms. The van der Waals surface area contributed by atoms with Gasteiger partial charge in [0.05, 0.1) is 5.54 Å².